The second-order valence-corrected chi connectivity index (χ2v) is 14.0. The number of benzene rings is 1. The summed E-state index contributed by atoms with van der Waals surface area (Å²) >= 11 is 0. The van der Waals surface area contributed by atoms with Crippen LogP contribution < -0.4 is 16.0 Å². The quantitative estimate of drug-likeness (QED) is 0.306. The normalized spacial score (nSPS) is 21.7. The maximum atomic E-state index is 15.8. The van der Waals surface area contributed by atoms with Crippen LogP contribution in [-0.4, -0.2) is 107 Å². The van der Waals surface area contributed by atoms with Crippen molar-refractivity contribution in [1.82, 2.24) is 35.6 Å². The van der Waals surface area contributed by atoms with E-state index in [1.165, 1.54) is 12.1 Å². The van der Waals surface area contributed by atoms with Crippen LogP contribution in [0.5, 0.6) is 0 Å². The first-order valence-corrected chi connectivity index (χ1v) is 17.8. The number of hydrogen-bond donors (Lipinski definition) is 3. The molecular weight excluding hydrogens is 631 g/mol. The summed E-state index contributed by atoms with van der Waals surface area (Å²) < 4.78 is 20.6. The van der Waals surface area contributed by atoms with Crippen molar-refractivity contribution in [1.29, 1.82) is 0 Å². The first kappa shape index (κ1) is 36.2. The number of rotatable bonds is 12. The molecule has 2 aliphatic carbocycles. The summed E-state index contributed by atoms with van der Waals surface area (Å²) in [7, 11) is 2.00. The molecule has 2 saturated carbocycles. The van der Waals surface area contributed by atoms with Crippen LogP contribution in [0, 0.1) is 17.7 Å². The Morgan fingerprint density at radius 2 is 1.69 bits per heavy atom. The lowest BCUT2D eigenvalue weighted by molar-refractivity contribution is -0.135. The maximum absolute atomic E-state index is 15.8. The molecule has 2 heterocycles. The Kier molecular flexibility index (Phi) is 11.9. The summed E-state index contributed by atoms with van der Waals surface area (Å²) in [6.07, 6.45) is 5.61. The average molecular weight is 683 g/mol. The molecule has 3 atom stereocenters. The van der Waals surface area contributed by atoms with E-state index >= 15 is 4.39 Å². The zero-order valence-corrected chi connectivity index (χ0v) is 29.3. The SMILES string of the molecule is CCc1nonc1C(=O)N[C@H](C(=O)Nc1ccc([C@H](C)[C@@H](NC(=O)N(CC)C2CC2)C(=O)N2CCN(C)CC2)cc1F)C1CCC(C)CC1. The van der Waals surface area contributed by atoms with E-state index in [0.29, 0.717) is 43.2 Å². The predicted octanol–water partition coefficient (Wildman–Crippen LogP) is 3.77. The Morgan fingerprint density at radius 3 is 2.31 bits per heavy atom. The largest absolute Gasteiger partial charge is 0.338 e. The predicted molar refractivity (Wildman–Crippen MR) is 181 cm³/mol. The molecule has 0 spiro atoms. The zero-order chi connectivity index (χ0) is 35.2. The van der Waals surface area contributed by atoms with Crippen molar-refractivity contribution in [3.63, 3.8) is 0 Å². The molecule has 3 aliphatic rings. The van der Waals surface area contributed by atoms with Crippen molar-refractivity contribution >= 4 is 29.4 Å². The van der Waals surface area contributed by atoms with E-state index in [1.807, 2.05) is 20.9 Å². The summed E-state index contributed by atoms with van der Waals surface area (Å²) in [6, 6.07) is 2.49. The maximum Gasteiger partial charge on any atom is 0.318 e. The van der Waals surface area contributed by atoms with E-state index in [0.717, 1.165) is 51.6 Å². The molecule has 2 aromatic rings. The van der Waals surface area contributed by atoms with Gasteiger partial charge in [-0.3, -0.25) is 14.4 Å². The van der Waals surface area contributed by atoms with Crippen LogP contribution >= 0.6 is 0 Å². The monoisotopic (exact) mass is 682 g/mol. The number of hydrogen-bond acceptors (Lipinski definition) is 8. The summed E-state index contributed by atoms with van der Waals surface area (Å²) in [5.41, 5.74) is 0.884. The molecule has 14 heteroatoms. The van der Waals surface area contributed by atoms with Gasteiger partial charge in [0.25, 0.3) is 5.91 Å². The number of anilines is 1. The molecule has 1 aliphatic heterocycles. The minimum absolute atomic E-state index is 0.0287. The van der Waals surface area contributed by atoms with Crippen molar-refractivity contribution in [3.8, 4) is 0 Å². The number of piperazine rings is 1. The third-order valence-electron chi connectivity index (χ3n) is 10.4. The van der Waals surface area contributed by atoms with Crippen LogP contribution in [0.2, 0.25) is 0 Å². The number of halogens is 1. The number of aromatic nitrogens is 2. The first-order valence-electron chi connectivity index (χ1n) is 17.8. The molecule has 0 unspecified atom stereocenters. The molecule has 5 amide bonds. The summed E-state index contributed by atoms with van der Waals surface area (Å²) in [4.78, 5) is 59.8. The van der Waals surface area contributed by atoms with Gasteiger partial charge in [0.15, 0.2) is 5.69 Å². The lowest BCUT2D eigenvalue weighted by atomic mass is 9.79. The highest BCUT2D eigenvalue weighted by atomic mass is 19.1. The highest BCUT2D eigenvalue weighted by Gasteiger charge is 2.38. The van der Waals surface area contributed by atoms with Crippen LogP contribution in [0.4, 0.5) is 14.9 Å². The van der Waals surface area contributed by atoms with Gasteiger partial charge in [-0.15, -0.1) is 0 Å². The minimum Gasteiger partial charge on any atom is -0.338 e. The van der Waals surface area contributed by atoms with Crippen LogP contribution in [0.15, 0.2) is 22.8 Å². The van der Waals surface area contributed by atoms with Gasteiger partial charge >= 0.3 is 6.03 Å². The lowest BCUT2D eigenvalue weighted by Gasteiger charge is -2.37. The van der Waals surface area contributed by atoms with Gasteiger partial charge in [-0.05, 0) is 80.8 Å². The Labute approximate surface area is 287 Å². The second-order valence-electron chi connectivity index (χ2n) is 14.0. The van der Waals surface area contributed by atoms with Gasteiger partial charge in [0, 0.05) is 44.7 Å². The molecule has 1 saturated heterocycles. The van der Waals surface area contributed by atoms with Crippen LogP contribution in [0.1, 0.15) is 93.9 Å². The van der Waals surface area contributed by atoms with Gasteiger partial charge in [0.2, 0.25) is 11.8 Å². The molecule has 49 heavy (non-hydrogen) atoms. The van der Waals surface area contributed by atoms with Crippen LogP contribution in [0.25, 0.3) is 0 Å². The molecule has 268 valence electrons. The van der Waals surface area contributed by atoms with Gasteiger partial charge in [0.1, 0.15) is 23.6 Å². The number of nitrogens with one attached hydrogen (secondary N) is 3. The number of amides is 5. The fraction of sp³-hybridized carbons (Fsp3) is 0.657. The number of carbonyl (C=O) groups excluding carboxylic acids is 4. The van der Waals surface area contributed by atoms with Gasteiger partial charge in [-0.1, -0.05) is 44.8 Å². The Morgan fingerprint density at radius 1 is 1.00 bits per heavy atom. The van der Waals surface area contributed by atoms with E-state index in [1.54, 1.807) is 22.8 Å². The summed E-state index contributed by atoms with van der Waals surface area (Å²) in [5.74, 6) is -2.17. The van der Waals surface area contributed by atoms with Crippen molar-refractivity contribution < 1.29 is 28.2 Å². The van der Waals surface area contributed by atoms with E-state index < -0.39 is 35.6 Å². The van der Waals surface area contributed by atoms with E-state index in [9.17, 15) is 19.2 Å². The highest BCUT2D eigenvalue weighted by Crippen LogP contribution is 2.32. The van der Waals surface area contributed by atoms with Crippen LogP contribution in [-0.2, 0) is 16.0 Å². The standard InChI is InChI=1S/C35H51FN8O5/c1-6-27-31(41-49-40-27)33(46)38-30(23-10-8-21(3)9-11-23)32(45)37-28-15-12-24(20-26(28)36)22(4)29(34(47)43-18-16-42(5)17-19-43)39-35(48)44(7-2)25-13-14-25/h12,15,20-23,25,29-30H,6-11,13-14,16-19H2,1-5H3,(H,37,45)(H,38,46)(H,39,48)/t21?,22-,23?,29+,30-/m0/s1. The average Bonchev–Trinajstić information content (AvgIpc) is 3.81. The molecule has 0 bridgehead atoms. The number of likely N-dealkylation sites (N-methyl/N-ethyl adjacent to an activating group) is 1. The fourth-order valence-electron chi connectivity index (χ4n) is 6.95. The van der Waals surface area contributed by atoms with Gasteiger partial charge < -0.3 is 30.7 Å². The number of urea groups is 1. The van der Waals surface area contributed by atoms with Gasteiger partial charge in [-0.25, -0.2) is 13.8 Å². The highest BCUT2D eigenvalue weighted by molar-refractivity contribution is 6.01. The molecule has 1 aromatic carbocycles. The smallest absolute Gasteiger partial charge is 0.318 e. The van der Waals surface area contributed by atoms with Crippen LogP contribution in [0.3, 0.4) is 0 Å². The topological polar surface area (TPSA) is 153 Å². The molecular formula is C35H51FN8O5. The zero-order valence-electron chi connectivity index (χ0n) is 29.3. The Balaban J connectivity index is 1.33. The molecule has 5 rings (SSSR count). The molecule has 3 fully saturated rings. The van der Waals surface area contributed by atoms with E-state index in [-0.39, 0.29) is 35.3 Å². The van der Waals surface area contributed by atoms with Crippen molar-refractivity contribution in [2.45, 2.75) is 96.7 Å². The Bertz CT molecular complexity index is 1480. The van der Waals surface area contributed by atoms with Crippen molar-refractivity contribution in [2.24, 2.45) is 11.8 Å². The summed E-state index contributed by atoms with van der Waals surface area (Å²) in [6.45, 7) is 10.8. The van der Waals surface area contributed by atoms with Gasteiger partial charge in [0.05, 0.1) is 5.69 Å². The fourth-order valence-corrected chi connectivity index (χ4v) is 6.95. The van der Waals surface area contributed by atoms with Crippen molar-refractivity contribution in [2.75, 3.05) is 45.1 Å². The van der Waals surface area contributed by atoms with Crippen molar-refractivity contribution in [3.05, 3.63) is 41.0 Å². The first-order chi connectivity index (χ1) is 23.5. The lowest BCUT2D eigenvalue weighted by Crippen LogP contribution is -2.57. The third-order valence-corrected chi connectivity index (χ3v) is 10.4. The molecule has 1 aromatic heterocycles. The summed E-state index contributed by atoms with van der Waals surface area (Å²) in [5, 5.41) is 16.0. The molecule has 0 radical (unpaired) electrons. The number of aryl methyl sites for hydroxylation is 1. The van der Waals surface area contributed by atoms with E-state index in [4.69, 9.17) is 4.63 Å². The number of carbonyl (C=O) groups is 4. The molecule has 3 N–H and O–H groups in total. The molecule has 13 nitrogen and oxygen atoms in total. The second kappa shape index (κ2) is 16.1. The Hall–Kier alpha value is -4.07. The minimum atomic E-state index is -0.923. The number of nitrogens with zero attached hydrogens (tertiary/aromatic N) is 5. The third kappa shape index (κ3) is 8.75. The van der Waals surface area contributed by atoms with Gasteiger partial charge in [-0.2, -0.15) is 0 Å². The van der Waals surface area contributed by atoms with E-state index in [2.05, 4.69) is 38.1 Å².